The molecule has 0 aromatic heterocycles. The Morgan fingerprint density at radius 1 is 1.44 bits per heavy atom. The maximum absolute atomic E-state index is 12.2. The number of nitrogens with zero attached hydrogens (tertiary/aromatic N) is 1. The fourth-order valence-corrected chi connectivity index (χ4v) is 2.47. The van der Waals surface area contributed by atoms with Crippen molar-refractivity contribution < 1.29 is 4.79 Å². The summed E-state index contributed by atoms with van der Waals surface area (Å²) < 4.78 is 0. The van der Waals surface area contributed by atoms with Crippen LogP contribution in [0.3, 0.4) is 0 Å². The number of hydrogen-bond donors (Lipinski definition) is 2. The second kappa shape index (κ2) is 5.19. The quantitative estimate of drug-likeness (QED) is 0.845. The summed E-state index contributed by atoms with van der Waals surface area (Å²) in [7, 11) is 0. The Morgan fingerprint density at radius 2 is 2.17 bits per heavy atom. The molecule has 3 N–H and O–H groups in total. The zero-order valence-corrected chi connectivity index (χ0v) is 10.3. The molecule has 0 saturated heterocycles. The molecule has 0 radical (unpaired) electrons. The van der Waals surface area contributed by atoms with Crippen molar-refractivity contribution >= 4 is 5.91 Å². The van der Waals surface area contributed by atoms with Gasteiger partial charge in [-0.05, 0) is 31.0 Å². The number of nitrogens with two attached hydrogens (primary N) is 1. The third-order valence-electron chi connectivity index (χ3n) is 3.58. The van der Waals surface area contributed by atoms with Gasteiger partial charge in [0.1, 0.15) is 0 Å². The Hall–Kier alpha value is -1.86. The lowest BCUT2D eigenvalue weighted by atomic mass is 9.97. The van der Waals surface area contributed by atoms with Crippen molar-refractivity contribution in [1.29, 1.82) is 5.26 Å². The summed E-state index contributed by atoms with van der Waals surface area (Å²) in [6.45, 7) is 0.469. The molecule has 0 heterocycles. The van der Waals surface area contributed by atoms with E-state index in [-0.39, 0.29) is 11.4 Å². The summed E-state index contributed by atoms with van der Waals surface area (Å²) in [6, 6.07) is 8.76. The second-order valence-electron chi connectivity index (χ2n) is 4.84. The van der Waals surface area contributed by atoms with Gasteiger partial charge in [0.2, 0.25) is 0 Å². The van der Waals surface area contributed by atoms with Gasteiger partial charge in [0.25, 0.3) is 5.91 Å². The van der Waals surface area contributed by atoms with Crippen molar-refractivity contribution in [2.24, 2.45) is 5.73 Å². The van der Waals surface area contributed by atoms with Crippen LogP contribution in [0, 0.1) is 11.3 Å². The summed E-state index contributed by atoms with van der Waals surface area (Å²) in [4.78, 5) is 12.2. The molecule has 1 aliphatic rings. The third-order valence-corrected chi connectivity index (χ3v) is 3.58. The monoisotopic (exact) mass is 243 g/mol. The van der Waals surface area contributed by atoms with Gasteiger partial charge in [-0.15, -0.1) is 0 Å². The van der Waals surface area contributed by atoms with E-state index in [2.05, 4.69) is 5.32 Å². The number of carbonyl (C=O) groups excluding carboxylic acids is 1. The lowest BCUT2D eigenvalue weighted by Gasteiger charge is -2.28. The van der Waals surface area contributed by atoms with Crippen LogP contribution in [0.15, 0.2) is 24.3 Å². The maximum Gasteiger partial charge on any atom is 0.251 e. The molecule has 0 atom stereocenters. The molecule has 1 aromatic rings. The average Bonchev–Trinajstić information content (AvgIpc) is 2.88. The molecule has 1 aromatic carbocycles. The molecule has 94 valence electrons. The van der Waals surface area contributed by atoms with Crippen molar-refractivity contribution in [3.8, 4) is 6.07 Å². The summed E-state index contributed by atoms with van der Waals surface area (Å²) in [6.07, 6.45) is 4.09. The summed E-state index contributed by atoms with van der Waals surface area (Å²) in [5, 5.41) is 11.9. The van der Waals surface area contributed by atoms with E-state index in [9.17, 15) is 4.79 Å². The molecule has 1 aliphatic carbocycles. The minimum Gasteiger partial charge on any atom is -0.345 e. The second-order valence-corrected chi connectivity index (χ2v) is 4.84. The van der Waals surface area contributed by atoms with Crippen LogP contribution in [-0.4, -0.2) is 18.0 Å². The van der Waals surface area contributed by atoms with Crippen LogP contribution in [0.2, 0.25) is 0 Å². The number of benzene rings is 1. The van der Waals surface area contributed by atoms with Crippen LogP contribution in [0.5, 0.6) is 0 Å². The fraction of sp³-hybridized carbons (Fsp3) is 0.429. The topological polar surface area (TPSA) is 78.9 Å². The van der Waals surface area contributed by atoms with E-state index in [0.717, 1.165) is 25.7 Å². The minimum absolute atomic E-state index is 0.139. The van der Waals surface area contributed by atoms with Gasteiger partial charge in [0.15, 0.2) is 0 Å². The molecule has 2 rings (SSSR count). The molecule has 1 saturated carbocycles. The highest BCUT2D eigenvalue weighted by molar-refractivity contribution is 5.95. The average molecular weight is 243 g/mol. The normalized spacial score (nSPS) is 17.1. The van der Waals surface area contributed by atoms with Gasteiger partial charge in [-0.3, -0.25) is 4.79 Å². The first-order chi connectivity index (χ1) is 8.69. The van der Waals surface area contributed by atoms with Crippen LogP contribution in [0.1, 0.15) is 41.6 Å². The highest BCUT2D eigenvalue weighted by Crippen LogP contribution is 2.28. The van der Waals surface area contributed by atoms with Crippen molar-refractivity contribution in [2.75, 3.05) is 6.54 Å². The standard InChI is InChI=1S/C14H17N3O/c15-9-11-4-3-5-12(8-11)13(18)17-14(10-16)6-1-2-7-14/h3-5,8H,1-2,6-7,10,16H2,(H,17,18). The molecule has 18 heavy (non-hydrogen) atoms. The Kier molecular flexibility index (Phi) is 3.63. The Bertz CT molecular complexity index is 484. The van der Waals surface area contributed by atoms with E-state index >= 15 is 0 Å². The van der Waals surface area contributed by atoms with Crippen LogP contribution in [0.4, 0.5) is 0 Å². The molecule has 4 nitrogen and oxygen atoms in total. The van der Waals surface area contributed by atoms with Gasteiger partial charge in [0.05, 0.1) is 17.2 Å². The van der Waals surface area contributed by atoms with Crippen molar-refractivity contribution in [2.45, 2.75) is 31.2 Å². The van der Waals surface area contributed by atoms with E-state index < -0.39 is 0 Å². The molecule has 0 bridgehead atoms. The van der Waals surface area contributed by atoms with E-state index in [4.69, 9.17) is 11.0 Å². The van der Waals surface area contributed by atoms with Gasteiger partial charge < -0.3 is 11.1 Å². The van der Waals surface area contributed by atoms with Crippen molar-refractivity contribution in [3.63, 3.8) is 0 Å². The molecule has 4 heteroatoms. The number of carbonyl (C=O) groups is 1. The SMILES string of the molecule is N#Cc1cccc(C(=O)NC2(CN)CCCC2)c1. The first kappa shape index (κ1) is 12.6. The Morgan fingerprint density at radius 3 is 2.78 bits per heavy atom. The molecular formula is C14H17N3O. The molecule has 0 unspecified atom stereocenters. The predicted octanol–water partition coefficient (Wildman–Crippen LogP) is 1.56. The fourth-order valence-electron chi connectivity index (χ4n) is 2.47. The van der Waals surface area contributed by atoms with Crippen molar-refractivity contribution in [3.05, 3.63) is 35.4 Å². The zero-order chi connectivity index (χ0) is 13.0. The van der Waals surface area contributed by atoms with Crippen LogP contribution in [-0.2, 0) is 0 Å². The van der Waals surface area contributed by atoms with Gasteiger partial charge in [-0.2, -0.15) is 5.26 Å². The first-order valence-corrected chi connectivity index (χ1v) is 6.22. The zero-order valence-electron chi connectivity index (χ0n) is 10.3. The van der Waals surface area contributed by atoms with E-state index in [1.807, 2.05) is 6.07 Å². The van der Waals surface area contributed by atoms with E-state index in [1.165, 1.54) is 0 Å². The Labute approximate surface area is 107 Å². The number of hydrogen-bond acceptors (Lipinski definition) is 3. The highest BCUT2D eigenvalue weighted by atomic mass is 16.1. The number of nitrogens with one attached hydrogen (secondary N) is 1. The smallest absolute Gasteiger partial charge is 0.251 e. The third kappa shape index (κ3) is 2.52. The lowest BCUT2D eigenvalue weighted by Crippen LogP contribution is -2.51. The molecule has 0 aliphatic heterocycles. The summed E-state index contributed by atoms with van der Waals surface area (Å²) >= 11 is 0. The molecule has 1 amide bonds. The Balaban J connectivity index is 2.14. The van der Waals surface area contributed by atoms with E-state index in [1.54, 1.807) is 24.3 Å². The number of rotatable bonds is 3. The van der Waals surface area contributed by atoms with Gasteiger partial charge in [-0.25, -0.2) is 0 Å². The van der Waals surface area contributed by atoms with Crippen LogP contribution < -0.4 is 11.1 Å². The first-order valence-electron chi connectivity index (χ1n) is 6.22. The highest BCUT2D eigenvalue weighted by Gasteiger charge is 2.34. The van der Waals surface area contributed by atoms with Gasteiger partial charge >= 0.3 is 0 Å². The maximum atomic E-state index is 12.2. The molecular weight excluding hydrogens is 226 g/mol. The summed E-state index contributed by atoms with van der Waals surface area (Å²) in [5.41, 5.74) is 6.55. The largest absolute Gasteiger partial charge is 0.345 e. The van der Waals surface area contributed by atoms with Crippen LogP contribution in [0.25, 0.3) is 0 Å². The number of amides is 1. The lowest BCUT2D eigenvalue weighted by molar-refractivity contribution is 0.0903. The molecule has 0 spiro atoms. The minimum atomic E-state index is -0.250. The van der Waals surface area contributed by atoms with Gasteiger partial charge in [0, 0.05) is 12.1 Å². The number of nitriles is 1. The molecule has 1 fully saturated rings. The van der Waals surface area contributed by atoms with Crippen LogP contribution >= 0.6 is 0 Å². The van der Waals surface area contributed by atoms with E-state index in [0.29, 0.717) is 17.7 Å². The van der Waals surface area contributed by atoms with Crippen molar-refractivity contribution in [1.82, 2.24) is 5.32 Å². The predicted molar refractivity (Wildman–Crippen MR) is 68.9 cm³/mol. The van der Waals surface area contributed by atoms with Gasteiger partial charge in [-0.1, -0.05) is 18.9 Å². The summed E-state index contributed by atoms with van der Waals surface area (Å²) in [5.74, 6) is -0.139.